The van der Waals surface area contributed by atoms with Crippen molar-refractivity contribution in [1.29, 1.82) is 0 Å². The number of aromatic hydroxyl groups is 1. The lowest BCUT2D eigenvalue weighted by molar-refractivity contribution is 0.475. The van der Waals surface area contributed by atoms with Crippen LogP contribution in [0.2, 0.25) is 0 Å². The molecule has 0 spiro atoms. The summed E-state index contributed by atoms with van der Waals surface area (Å²) in [7, 11) is 0. The quantitative estimate of drug-likeness (QED) is 0.630. The van der Waals surface area contributed by atoms with Crippen molar-refractivity contribution >= 4 is 12.4 Å². The van der Waals surface area contributed by atoms with Crippen LogP contribution in [0.15, 0.2) is 57.3 Å². The number of benzene rings is 1. The van der Waals surface area contributed by atoms with Gasteiger partial charge in [0.1, 0.15) is 11.5 Å². The number of nitrogens with zero attached hydrogens (tertiary/aromatic N) is 2. The minimum absolute atomic E-state index is 0.207. The van der Waals surface area contributed by atoms with Gasteiger partial charge in [-0.1, -0.05) is 12.1 Å². The van der Waals surface area contributed by atoms with E-state index in [4.69, 9.17) is 4.42 Å². The number of phenolic OH excluding ortho intramolecular Hbond substituents is 1. The highest BCUT2D eigenvalue weighted by Crippen LogP contribution is 2.08. The zero-order valence-corrected chi connectivity index (χ0v) is 8.45. The summed E-state index contributed by atoms with van der Waals surface area (Å²) in [5, 5.41) is 16.8. The van der Waals surface area contributed by atoms with Crippen molar-refractivity contribution in [3.63, 3.8) is 0 Å². The third-order valence-corrected chi connectivity index (χ3v) is 1.87. The van der Waals surface area contributed by atoms with Gasteiger partial charge in [0, 0.05) is 0 Å². The second kappa shape index (κ2) is 4.93. The number of rotatable bonds is 3. The van der Waals surface area contributed by atoms with Gasteiger partial charge in [-0.05, 0) is 29.8 Å². The Bertz CT molecular complexity index is 501. The number of hydrogen-bond donors (Lipinski definition) is 1. The minimum Gasteiger partial charge on any atom is -0.508 e. The number of hydrogen-bond acceptors (Lipinski definition) is 4. The summed E-state index contributed by atoms with van der Waals surface area (Å²) in [4.78, 5) is 0. The second-order valence-electron chi connectivity index (χ2n) is 3.10. The van der Waals surface area contributed by atoms with E-state index in [1.807, 2.05) is 6.07 Å². The van der Waals surface area contributed by atoms with Crippen LogP contribution in [0.25, 0.3) is 0 Å². The van der Waals surface area contributed by atoms with Gasteiger partial charge in [-0.15, -0.1) is 0 Å². The first-order valence-corrected chi connectivity index (χ1v) is 4.73. The molecule has 2 aromatic rings. The lowest BCUT2D eigenvalue weighted by Gasteiger charge is -1.91. The molecule has 0 bridgehead atoms. The molecular formula is C12H10N2O2. The van der Waals surface area contributed by atoms with E-state index in [1.54, 1.807) is 42.8 Å². The third-order valence-electron chi connectivity index (χ3n) is 1.87. The molecule has 0 aliphatic heterocycles. The van der Waals surface area contributed by atoms with Gasteiger partial charge in [0.05, 0.1) is 18.7 Å². The van der Waals surface area contributed by atoms with E-state index in [9.17, 15) is 5.11 Å². The van der Waals surface area contributed by atoms with Crippen molar-refractivity contribution in [2.75, 3.05) is 0 Å². The van der Waals surface area contributed by atoms with Crippen molar-refractivity contribution in [2.45, 2.75) is 0 Å². The van der Waals surface area contributed by atoms with Crippen molar-refractivity contribution < 1.29 is 9.52 Å². The molecule has 0 unspecified atom stereocenters. The predicted molar refractivity (Wildman–Crippen MR) is 62.0 cm³/mol. The summed E-state index contributed by atoms with van der Waals surface area (Å²) < 4.78 is 5.04. The van der Waals surface area contributed by atoms with Crippen molar-refractivity contribution in [3.8, 4) is 5.75 Å². The van der Waals surface area contributed by atoms with Crippen LogP contribution < -0.4 is 0 Å². The van der Waals surface area contributed by atoms with Gasteiger partial charge in [-0.3, -0.25) is 0 Å². The van der Waals surface area contributed by atoms with Crippen molar-refractivity contribution in [1.82, 2.24) is 0 Å². The molecule has 4 heteroatoms. The summed E-state index contributed by atoms with van der Waals surface area (Å²) in [5.41, 5.74) is 0.789. The molecule has 0 saturated carbocycles. The molecule has 1 heterocycles. The van der Waals surface area contributed by atoms with Gasteiger partial charge in [0.2, 0.25) is 0 Å². The molecule has 16 heavy (non-hydrogen) atoms. The number of furan rings is 1. The van der Waals surface area contributed by atoms with Gasteiger partial charge in [-0.2, -0.15) is 10.2 Å². The van der Waals surface area contributed by atoms with E-state index in [-0.39, 0.29) is 5.75 Å². The molecule has 1 aromatic heterocycles. The van der Waals surface area contributed by atoms with Crippen LogP contribution in [-0.2, 0) is 0 Å². The van der Waals surface area contributed by atoms with Gasteiger partial charge in [-0.25, -0.2) is 0 Å². The standard InChI is InChI=1S/C12H10N2O2/c15-11-4-1-3-10(7-11)8-13-14-9-12-5-2-6-16-12/h1-9,15H/b13-8-,14-9-. The Balaban J connectivity index is 2.00. The maximum atomic E-state index is 9.20. The lowest BCUT2D eigenvalue weighted by Crippen LogP contribution is -1.79. The van der Waals surface area contributed by atoms with Crippen LogP contribution in [0.1, 0.15) is 11.3 Å². The zero-order chi connectivity index (χ0) is 11.2. The van der Waals surface area contributed by atoms with Crippen molar-refractivity contribution in [3.05, 3.63) is 54.0 Å². The van der Waals surface area contributed by atoms with Crippen LogP contribution in [0, 0.1) is 0 Å². The fourth-order valence-corrected chi connectivity index (χ4v) is 1.16. The lowest BCUT2D eigenvalue weighted by atomic mass is 10.2. The second-order valence-corrected chi connectivity index (χ2v) is 3.10. The minimum atomic E-state index is 0.207. The Labute approximate surface area is 92.6 Å². The van der Waals surface area contributed by atoms with Crippen LogP contribution in [0.3, 0.4) is 0 Å². The molecule has 1 aromatic carbocycles. The Morgan fingerprint density at radius 2 is 1.94 bits per heavy atom. The summed E-state index contributed by atoms with van der Waals surface area (Å²) >= 11 is 0. The summed E-state index contributed by atoms with van der Waals surface area (Å²) in [6.45, 7) is 0. The smallest absolute Gasteiger partial charge is 0.146 e. The van der Waals surface area contributed by atoms with E-state index in [0.29, 0.717) is 5.76 Å². The van der Waals surface area contributed by atoms with Gasteiger partial charge in [0.25, 0.3) is 0 Å². The monoisotopic (exact) mass is 214 g/mol. The van der Waals surface area contributed by atoms with E-state index < -0.39 is 0 Å². The maximum absolute atomic E-state index is 9.20. The summed E-state index contributed by atoms with van der Waals surface area (Å²) in [6, 6.07) is 10.3. The fraction of sp³-hybridized carbons (Fsp3) is 0. The van der Waals surface area contributed by atoms with E-state index in [2.05, 4.69) is 10.2 Å². The average molecular weight is 214 g/mol. The van der Waals surface area contributed by atoms with Crippen LogP contribution >= 0.6 is 0 Å². The molecule has 0 radical (unpaired) electrons. The highest BCUT2D eigenvalue weighted by atomic mass is 16.3. The Morgan fingerprint density at radius 3 is 2.69 bits per heavy atom. The van der Waals surface area contributed by atoms with Crippen LogP contribution in [-0.4, -0.2) is 17.5 Å². The molecule has 0 fully saturated rings. The highest BCUT2D eigenvalue weighted by Gasteiger charge is 1.89. The Kier molecular flexibility index (Phi) is 3.13. The van der Waals surface area contributed by atoms with Gasteiger partial charge >= 0.3 is 0 Å². The Morgan fingerprint density at radius 1 is 1.06 bits per heavy atom. The topological polar surface area (TPSA) is 58.1 Å². The molecule has 0 aliphatic carbocycles. The average Bonchev–Trinajstić information content (AvgIpc) is 2.77. The summed E-state index contributed by atoms with van der Waals surface area (Å²) in [5.74, 6) is 0.854. The first kappa shape index (κ1) is 10.2. The third kappa shape index (κ3) is 2.81. The molecule has 1 N–H and O–H groups in total. The molecule has 2 rings (SSSR count). The van der Waals surface area contributed by atoms with E-state index in [1.165, 1.54) is 6.21 Å². The Hall–Kier alpha value is -2.36. The molecule has 0 aliphatic rings. The van der Waals surface area contributed by atoms with Gasteiger partial charge < -0.3 is 9.52 Å². The molecule has 0 amide bonds. The molecule has 0 saturated heterocycles. The summed E-state index contributed by atoms with van der Waals surface area (Å²) in [6.07, 6.45) is 4.64. The van der Waals surface area contributed by atoms with E-state index >= 15 is 0 Å². The first-order chi connectivity index (χ1) is 7.84. The van der Waals surface area contributed by atoms with Crippen LogP contribution in [0.5, 0.6) is 5.75 Å². The SMILES string of the molecule is Oc1cccc(/C=N\N=C/c2ccco2)c1. The molecule has 0 atom stereocenters. The van der Waals surface area contributed by atoms with Gasteiger partial charge in [0.15, 0.2) is 0 Å². The maximum Gasteiger partial charge on any atom is 0.146 e. The molecule has 80 valence electrons. The largest absolute Gasteiger partial charge is 0.508 e. The normalized spacial score (nSPS) is 11.5. The van der Waals surface area contributed by atoms with E-state index in [0.717, 1.165) is 5.56 Å². The molecular weight excluding hydrogens is 204 g/mol. The number of phenols is 1. The molecule has 4 nitrogen and oxygen atoms in total. The van der Waals surface area contributed by atoms with Crippen LogP contribution in [0.4, 0.5) is 0 Å². The first-order valence-electron chi connectivity index (χ1n) is 4.73. The predicted octanol–water partition coefficient (Wildman–Crippen LogP) is 2.44. The zero-order valence-electron chi connectivity index (χ0n) is 8.45. The fourth-order valence-electron chi connectivity index (χ4n) is 1.16. The highest BCUT2D eigenvalue weighted by molar-refractivity contribution is 5.81. The van der Waals surface area contributed by atoms with Crippen molar-refractivity contribution in [2.24, 2.45) is 10.2 Å².